The van der Waals surface area contributed by atoms with E-state index in [0.717, 1.165) is 18.7 Å². The highest BCUT2D eigenvalue weighted by Crippen LogP contribution is 2.09. The second kappa shape index (κ2) is 6.20. The average molecular weight is 202 g/mol. The first-order chi connectivity index (χ1) is 5.99. The van der Waals surface area contributed by atoms with E-state index < -0.39 is 0 Å². The maximum Gasteiger partial charge on any atom is 0.0524 e. The van der Waals surface area contributed by atoms with E-state index in [1.807, 2.05) is 13.1 Å². The van der Waals surface area contributed by atoms with E-state index in [-0.39, 0.29) is 5.54 Å². The zero-order chi connectivity index (χ0) is 10.3. The maximum absolute atomic E-state index is 5.62. The summed E-state index contributed by atoms with van der Waals surface area (Å²) < 4.78 is 0. The lowest BCUT2D eigenvalue weighted by Crippen LogP contribution is -2.09. The first kappa shape index (κ1) is 12.7. The van der Waals surface area contributed by atoms with Gasteiger partial charge in [-0.25, -0.2) is 0 Å². The van der Waals surface area contributed by atoms with Crippen molar-refractivity contribution >= 4 is 17.8 Å². The summed E-state index contributed by atoms with van der Waals surface area (Å²) in [6, 6.07) is 0. The molecule has 0 heterocycles. The molecule has 0 saturated carbocycles. The molecule has 13 heavy (non-hydrogen) atoms. The maximum atomic E-state index is 5.62. The Morgan fingerprint density at radius 1 is 1.38 bits per heavy atom. The standard InChI is InChI=1S/C11H20ClN/c1-5-10(7-6-8-12)9-13-11(2,3)4/h5,9H,6-8H2,1-4H3/b10-5+,13-9?. The Balaban J connectivity index is 4.07. The van der Waals surface area contributed by atoms with Crippen molar-refractivity contribution in [2.75, 3.05) is 5.88 Å². The van der Waals surface area contributed by atoms with Gasteiger partial charge in [0.15, 0.2) is 0 Å². The fourth-order valence-electron chi connectivity index (χ4n) is 0.831. The first-order valence-electron chi connectivity index (χ1n) is 4.76. The summed E-state index contributed by atoms with van der Waals surface area (Å²) >= 11 is 5.62. The van der Waals surface area contributed by atoms with Gasteiger partial charge in [-0.05, 0) is 46.1 Å². The molecule has 1 nitrogen and oxygen atoms in total. The van der Waals surface area contributed by atoms with Crippen LogP contribution in [0.15, 0.2) is 16.6 Å². The van der Waals surface area contributed by atoms with Gasteiger partial charge < -0.3 is 0 Å². The molecule has 0 aromatic rings. The lowest BCUT2D eigenvalue weighted by Gasteiger charge is -2.11. The van der Waals surface area contributed by atoms with Crippen molar-refractivity contribution in [1.82, 2.24) is 0 Å². The highest BCUT2D eigenvalue weighted by Gasteiger charge is 2.04. The number of nitrogens with zero attached hydrogens (tertiary/aromatic N) is 1. The van der Waals surface area contributed by atoms with Gasteiger partial charge in [-0.3, -0.25) is 4.99 Å². The molecule has 0 rings (SSSR count). The molecule has 0 radical (unpaired) electrons. The van der Waals surface area contributed by atoms with Crippen LogP contribution in [0, 0.1) is 0 Å². The van der Waals surface area contributed by atoms with Crippen LogP contribution < -0.4 is 0 Å². The largest absolute Gasteiger partial charge is 0.287 e. The number of rotatable bonds is 4. The van der Waals surface area contributed by atoms with E-state index in [9.17, 15) is 0 Å². The minimum atomic E-state index is 0.0230. The van der Waals surface area contributed by atoms with Gasteiger partial charge in [-0.1, -0.05) is 6.08 Å². The Morgan fingerprint density at radius 2 is 2.00 bits per heavy atom. The fraction of sp³-hybridized carbons (Fsp3) is 0.727. The smallest absolute Gasteiger partial charge is 0.0524 e. The molecular formula is C11H20ClN. The van der Waals surface area contributed by atoms with Crippen molar-refractivity contribution in [3.63, 3.8) is 0 Å². The van der Waals surface area contributed by atoms with Gasteiger partial charge >= 0.3 is 0 Å². The molecule has 0 unspecified atom stereocenters. The number of hydrogen-bond donors (Lipinski definition) is 0. The van der Waals surface area contributed by atoms with Crippen LogP contribution in [0.1, 0.15) is 40.5 Å². The quantitative estimate of drug-likeness (QED) is 0.485. The van der Waals surface area contributed by atoms with Crippen LogP contribution in [0.4, 0.5) is 0 Å². The van der Waals surface area contributed by atoms with Gasteiger partial charge in [-0.15, -0.1) is 11.6 Å². The lowest BCUT2D eigenvalue weighted by molar-refractivity contribution is 0.586. The van der Waals surface area contributed by atoms with Gasteiger partial charge in [0.1, 0.15) is 0 Å². The molecular weight excluding hydrogens is 182 g/mol. The Morgan fingerprint density at radius 3 is 2.38 bits per heavy atom. The number of allylic oxidation sites excluding steroid dienone is 2. The molecule has 0 amide bonds. The van der Waals surface area contributed by atoms with Crippen LogP contribution >= 0.6 is 11.6 Å². The van der Waals surface area contributed by atoms with E-state index in [4.69, 9.17) is 11.6 Å². The lowest BCUT2D eigenvalue weighted by atomic mass is 10.1. The van der Waals surface area contributed by atoms with Crippen LogP contribution in [0.2, 0.25) is 0 Å². The number of hydrogen-bond acceptors (Lipinski definition) is 1. The molecule has 0 bridgehead atoms. The van der Waals surface area contributed by atoms with E-state index in [1.54, 1.807) is 0 Å². The Hall–Kier alpha value is -0.300. The van der Waals surface area contributed by atoms with Crippen molar-refractivity contribution in [2.24, 2.45) is 4.99 Å². The predicted molar refractivity (Wildman–Crippen MR) is 62.0 cm³/mol. The fourth-order valence-corrected chi connectivity index (χ4v) is 0.965. The molecule has 0 atom stereocenters. The topological polar surface area (TPSA) is 12.4 Å². The Bertz CT molecular complexity index is 187. The summed E-state index contributed by atoms with van der Waals surface area (Å²) in [5.74, 6) is 0.723. The van der Waals surface area contributed by atoms with Crippen molar-refractivity contribution in [3.05, 3.63) is 11.6 Å². The molecule has 0 N–H and O–H groups in total. The van der Waals surface area contributed by atoms with Gasteiger partial charge in [0.05, 0.1) is 5.54 Å². The molecule has 0 aromatic heterocycles. The van der Waals surface area contributed by atoms with E-state index >= 15 is 0 Å². The van der Waals surface area contributed by atoms with Crippen LogP contribution in [-0.4, -0.2) is 17.6 Å². The van der Waals surface area contributed by atoms with Crippen LogP contribution in [0.3, 0.4) is 0 Å². The van der Waals surface area contributed by atoms with Crippen molar-refractivity contribution in [2.45, 2.75) is 46.1 Å². The summed E-state index contributed by atoms with van der Waals surface area (Å²) in [4.78, 5) is 4.44. The Kier molecular flexibility index (Phi) is 6.06. The minimum Gasteiger partial charge on any atom is -0.287 e. The molecule has 76 valence electrons. The Labute approximate surface area is 86.9 Å². The van der Waals surface area contributed by atoms with E-state index in [1.165, 1.54) is 5.57 Å². The summed E-state index contributed by atoms with van der Waals surface area (Å²) in [6.07, 6.45) is 6.12. The summed E-state index contributed by atoms with van der Waals surface area (Å²) in [5, 5.41) is 0. The summed E-state index contributed by atoms with van der Waals surface area (Å²) in [7, 11) is 0. The summed E-state index contributed by atoms with van der Waals surface area (Å²) in [5.41, 5.74) is 1.30. The normalized spacial score (nSPS) is 14.1. The average Bonchev–Trinajstić information content (AvgIpc) is 2.03. The third-order valence-corrected chi connectivity index (χ3v) is 1.85. The second-order valence-corrected chi connectivity index (χ2v) is 4.46. The molecule has 0 fully saturated rings. The molecule has 0 saturated heterocycles. The molecule has 0 aliphatic rings. The number of halogens is 1. The SMILES string of the molecule is C/C=C(/C=NC(C)(C)C)CCCCl. The van der Waals surface area contributed by atoms with Crippen molar-refractivity contribution in [1.29, 1.82) is 0 Å². The first-order valence-corrected chi connectivity index (χ1v) is 5.29. The number of alkyl halides is 1. The van der Waals surface area contributed by atoms with E-state index in [0.29, 0.717) is 0 Å². The summed E-state index contributed by atoms with van der Waals surface area (Å²) in [6.45, 7) is 8.33. The van der Waals surface area contributed by atoms with E-state index in [2.05, 4.69) is 31.8 Å². The van der Waals surface area contributed by atoms with Crippen molar-refractivity contribution in [3.8, 4) is 0 Å². The van der Waals surface area contributed by atoms with Gasteiger partial charge in [0, 0.05) is 12.1 Å². The molecule has 0 aliphatic carbocycles. The van der Waals surface area contributed by atoms with Crippen LogP contribution in [-0.2, 0) is 0 Å². The zero-order valence-corrected chi connectivity index (χ0v) is 9.86. The molecule has 0 aliphatic heterocycles. The van der Waals surface area contributed by atoms with Crippen molar-refractivity contribution < 1.29 is 0 Å². The minimum absolute atomic E-state index is 0.0230. The monoisotopic (exact) mass is 201 g/mol. The van der Waals surface area contributed by atoms with Crippen LogP contribution in [0.25, 0.3) is 0 Å². The second-order valence-electron chi connectivity index (χ2n) is 4.09. The highest BCUT2D eigenvalue weighted by atomic mass is 35.5. The molecule has 2 heteroatoms. The van der Waals surface area contributed by atoms with Gasteiger partial charge in [0.2, 0.25) is 0 Å². The van der Waals surface area contributed by atoms with Gasteiger partial charge in [0.25, 0.3) is 0 Å². The number of aliphatic imine (C=N–C) groups is 1. The van der Waals surface area contributed by atoms with Crippen LogP contribution in [0.5, 0.6) is 0 Å². The zero-order valence-electron chi connectivity index (χ0n) is 9.10. The molecule has 0 aromatic carbocycles. The van der Waals surface area contributed by atoms with Gasteiger partial charge in [-0.2, -0.15) is 0 Å². The third-order valence-electron chi connectivity index (χ3n) is 1.59. The third kappa shape index (κ3) is 8.04. The molecule has 0 spiro atoms. The highest BCUT2D eigenvalue weighted by molar-refractivity contribution is 6.17. The predicted octanol–water partition coefficient (Wildman–Crippen LogP) is 3.82.